The lowest BCUT2D eigenvalue weighted by molar-refractivity contribution is -0.146. The summed E-state index contributed by atoms with van der Waals surface area (Å²) in [5, 5.41) is 2.63. The molecule has 2 atom stereocenters. The highest BCUT2D eigenvalue weighted by atomic mass is 16.5. The molecule has 0 unspecified atom stereocenters. The third-order valence-corrected chi connectivity index (χ3v) is 3.85. The number of carbonyl (C=O) groups is 3. The molecule has 0 aliphatic heterocycles. The number of nitrogens with one attached hydrogen (secondary N) is 1. The van der Waals surface area contributed by atoms with Crippen molar-refractivity contribution >= 4 is 17.7 Å². The molecular formula is C18H25NO5. The maximum atomic E-state index is 12.0. The number of esters is 1. The molecule has 6 heteroatoms. The van der Waals surface area contributed by atoms with Gasteiger partial charge in [-0.15, -0.1) is 0 Å². The summed E-state index contributed by atoms with van der Waals surface area (Å²) in [5.74, 6) is -0.384. The zero-order chi connectivity index (χ0) is 18.1. The molecule has 1 aromatic carbocycles. The second-order valence-corrected chi connectivity index (χ2v) is 5.54. The molecule has 1 N–H and O–H groups in total. The molecule has 0 saturated heterocycles. The predicted molar refractivity (Wildman–Crippen MR) is 90.0 cm³/mol. The highest BCUT2D eigenvalue weighted by Crippen LogP contribution is 2.14. The minimum atomic E-state index is -0.694. The van der Waals surface area contributed by atoms with Crippen LogP contribution < -0.4 is 10.1 Å². The van der Waals surface area contributed by atoms with Gasteiger partial charge < -0.3 is 14.8 Å². The van der Waals surface area contributed by atoms with E-state index in [1.807, 2.05) is 13.8 Å². The van der Waals surface area contributed by atoms with Crippen molar-refractivity contribution < 1.29 is 23.9 Å². The van der Waals surface area contributed by atoms with Gasteiger partial charge in [-0.1, -0.05) is 27.2 Å². The average molecular weight is 335 g/mol. The number of Topliss-reactive ketones (excluding diaryl/α,β-unsaturated/α-hetero) is 1. The van der Waals surface area contributed by atoms with Gasteiger partial charge in [0.25, 0.3) is 5.91 Å². The Morgan fingerprint density at radius 3 is 2.25 bits per heavy atom. The second kappa shape index (κ2) is 9.70. The molecule has 0 aromatic heterocycles. The number of hydrogen-bond acceptors (Lipinski definition) is 5. The van der Waals surface area contributed by atoms with E-state index in [0.29, 0.717) is 17.7 Å². The van der Waals surface area contributed by atoms with E-state index in [2.05, 4.69) is 5.32 Å². The van der Waals surface area contributed by atoms with Gasteiger partial charge in [0.15, 0.2) is 12.4 Å². The van der Waals surface area contributed by atoms with Crippen molar-refractivity contribution in [2.24, 2.45) is 5.92 Å². The van der Waals surface area contributed by atoms with E-state index in [-0.39, 0.29) is 18.3 Å². The molecule has 0 saturated carbocycles. The van der Waals surface area contributed by atoms with Gasteiger partial charge in [0, 0.05) is 12.0 Å². The lowest BCUT2D eigenvalue weighted by Crippen LogP contribution is -2.47. The average Bonchev–Trinajstić information content (AvgIpc) is 2.62. The Kier molecular flexibility index (Phi) is 7.95. The van der Waals surface area contributed by atoms with E-state index < -0.39 is 17.9 Å². The maximum absolute atomic E-state index is 12.0. The number of rotatable bonds is 9. The van der Waals surface area contributed by atoms with Crippen LogP contribution >= 0.6 is 0 Å². The minimum Gasteiger partial charge on any atom is -0.484 e. The van der Waals surface area contributed by atoms with Crippen LogP contribution in [0.4, 0.5) is 0 Å². The van der Waals surface area contributed by atoms with Crippen LogP contribution in [0.5, 0.6) is 5.75 Å². The highest BCUT2D eigenvalue weighted by molar-refractivity contribution is 5.95. The normalized spacial score (nSPS) is 12.8. The first-order valence-electron chi connectivity index (χ1n) is 8.06. The van der Waals surface area contributed by atoms with Gasteiger partial charge in [-0.25, -0.2) is 4.79 Å². The van der Waals surface area contributed by atoms with Crippen molar-refractivity contribution in [1.82, 2.24) is 5.32 Å². The quantitative estimate of drug-likeness (QED) is 0.553. The van der Waals surface area contributed by atoms with Crippen LogP contribution in [0.15, 0.2) is 24.3 Å². The Bertz CT molecular complexity index is 567. The SMILES string of the molecule is CCC(=O)c1ccc(OCC(=O)N[C@H](C(=O)OC)[C@@H](C)CC)cc1. The third-order valence-electron chi connectivity index (χ3n) is 3.85. The Labute approximate surface area is 142 Å². The van der Waals surface area contributed by atoms with Gasteiger partial charge in [-0.2, -0.15) is 0 Å². The van der Waals surface area contributed by atoms with Crippen LogP contribution in [0.25, 0.3) is 0 Å². The first-order chi connectivity index (χ1) is 11.4. The van der Waals surface area contributed by atoms with Gasteiger partial charge in [0.1, 0.15) is 11.8 Å². The van der Waals surface area contributed by atoms with Crippen LogP contribution in [-0.4, -0.2) is 37.4 Å². The third kappa shape index (κ3) is 5.68. The van der Waals surface area contributed by atoms with E-state index in [4.69, 9.17) is 9.47 Å². The van der Waals surface area contributed by atoms with E-state index in [1.54, 1.807) is 31.2 Å². The molecule has 0 bridgehead atoms. The summed E-state index contributed by atoms with van der Waals surface area (Å²) in [7, 11) is 1.29. The van der Waals surface area contributed by atoms with Gasteiger partial charge in [0.05, 0.1) is 7.11 Å². The van der Waals surface area contributed by atoms with Crippen LogP contribution in [0, 0.1) is 5.92 Å². The standard InChI is InChI=1S/C18H25NO5/c1-5-12(3)17(18(22)23-4)19-16(21)11-24-14-9-7-13(8-10-14)15(20)6-2/h7-10,12,17H,5-6,11H2,1-4H3,(H,19,21)/t12-,17-/m0/s1. The van der Waals surface area contributed by atoms with E-state index in [0.717, 1.165) is 6.42 Å². The van der Waals surface area contributed by atoms with Crippen molar-refractivity contribution in [2.45, 2.75) is 39.7 Å². The Balaban J connectivity index is 2.58. The summed E-state index contributed by atoms with van der Waals surface area (Å²) in [6, 6.07) is 5.91. The van der Waals surface area contributed by atoms with Crippen molar-refractivity contribution in [3.05, 3.63) is 29.8 Å². The molecule has 6 nitrogen and oxygen atoms in total. The molecule has 0 heterocycles. The predicted octanol–water partition coefficient (Wildman–Crippen LogP) is 2.36. The van der Waals surface area contributed by atoms with Crippen LogP contribution in [0.3, 0.4) is 0 Å². The van der Waals surface area contributed by atoms with Gasteiger partial charge in [0.2, 0.25) is 0 Å². The number of ketones is 1. The molecule has 0 aliphatic carbocycles. The monoisotopic (exact) mass is 335 g/mol. The van der Waals surface area contributed by atoms with E-state index >= 15 is 0 Å². The fourth-order valence-electron chi connectivity index (χ4n) is 2.10. The van der Waals surface area contributed by atoms with Crippen LogP contribution in [-0.2, 0) is 14.3 Å². The first kappa shape index (κ1) is 19.7. The molecule has 0 radical (unpaired) electrons. The smallest absolute Gasteiger partial charge is 0.328 e. The summed E-state index contributed by atoms with van der Waals surface area (Å²) in [6.45, 7) is 5.38. The van der Waals surface area contributed by atoms with Gasteiger partial charge in [-0.3, -0.25) is 9.59 Å². The Morgan fingerprint density at radius 2 is 1.75 bits per heavy atom. The summed E-state index contributed by atoms with van der Waals surface area (Å²) >= 11 is 0. The molecule has 1 aromatic rings. The highest BCUT2D eigenvalue weighted by Gasteiger charge is 2.26. The number of carbonyl (C=O) groups excluding carboxylic acids is 3. The molecule has 0 fully saturated rings. The topological polar surface area (TPSA) is 81.7 Å². The van der Waals surface area contributed by atoms with Crippen molar-refractivity contribution in [1.29, 1.82) is 0 Å². The molecule has 24 heavy (non-hydrogen) atoms. The number of methoxy groups -OCH3 is 1. The fourth-order valence-corrected chi connectivity index (χ4v) is 2.10. The first-order valence-corrected chi connectivity index (χ1v) is 8.06. The summed E-state index contributed by atoms with van der Waals surface area (Å²) in [6.07, 6.45) is 1.17. The molecule has 1 rings (SSSR count). The van der Waals surface area contributed by atoms with Crippen molar-refractivity contribution in [3.63, 3.8) is 0 Å². The second-order valence-electron chi connectivity index (χ2n) is 5.54. The summed E-state index contributed by atoms with van der Waals surface area (Å²) in [4.78, 5) is 35.3. The van der Waals surface area contributed by atoms with Crippen LogP contribution in [0.1, 0.15) is 44.0 Å². The molecular weight excluding hydrogens is 310 g/mol. The zero-order valence-corrected chi connectivity index (χ0v) is 14.6. The van der Waals surface area contributed by atoms with E-state index in [1.165, 1.54) is 7.11 Å². The molecule has 0 aliphatic rings. The number of benzene rings is 1. The zero-order valence-electron chi connectivity index (χ0n) is 14.6. The number of ether oxygens (including phenoxy) is 2. The number of hydrogen-bond donors (Lipinski definition) is 1. The van der Waals surface area contributed by atoms with Crippen molar-refractivity contribution in [2.75, 3.05) is 13.7 Å². The molecule has 132 valence electrons. The minimum absolute atomic E-state index is 0.0410. The van der Waals surface area contributed by atoms with Gasteiger partial charge >= 0.3 is 5.97 Å². The lowest BCUT2D eigenvalue weighted by Gasteiger charge is -2.21. The van der Waals surface area contributed by atoms with E-state index in [9.17, 15) is 14.4 Å². The Morgan fingerprint density at radius 1 is 1.12 bits per heavy atom. The fraction of sp³-hybridized carbons (Fsp3) is 0.500. The molecule has 1 amide bonds. The maximum Gasteiger partial charge on any atom is 0.328 e. The molecule has 0 spiro atoms. The van der Waals surface area contributed by atoms with Crippen molar-refractivity contribution in [3.8, 4) is 5.75 Å². The lowest BCUT2D eigenvalue weighted by atomic mass is 9.99. The Hall–Kier alpha value is -2.37. The van der Waals surface area contributed by atoms with Crippen LogP contribution in [0.2, 0.25) is 0 Å². The summed E-state index contributed by atoms with van der Waals surface area (Å²) < 4.78 is 10.1. The van der Waals surface area contributed by atoms with Gasteiger partial charge in [-0.05, 0) is 30.2 Å². The largest absolute Gasteiger partial charge is 0.484 e. The summed E-state index contributed by atoms with van der Waals surface area (Å²) in [5.41, 5.74) is 0.608. The number of amides is 1.